The van der Waals surface area contributed by atoms with Crippen LogP contribution in [0.15, 0.2) is 30.3 Å². The number of hydrogen-bond donors (Lipinski definition) is 3. The van der Waals surface area contributed by atoms with Crippen molar-refractivity contribution in [2.75, 3.05) is 5.88 Å². The SMILES string of the molecule is N[C@@H](Cc1ccccc1)C(=O)NC[SH](=O)=O. The van der Waals surface area contributed by atoms with Crippen molar-refractivity contribution in [1.82, 2.24) is 5.32 Å². The molecule has 0 aliphatic heterocycles. The number of amides is 1. The Kier molecular flexibility index (Phi) is 4.94. The fraction of sp³-hybridized carbons (Fsp3) is 0.300. The number of carbonyl (C=O) groups excluding carboxylic acids is 1. The summed E-state index contributed by atoms with van der Waals surface area (Å²) in [5.41, 5.74) is 6.57. The van der Waals surface area contributed by atoms with Crippen LogP contribution < -0.4 is 11.1 Å². The largest absolute Gasteiger partial charge is 0.341 e. The molecule has 0 aliphatic carbocycles. The van der Waals surface area contributed by atoms with Crippen LogP contribution in [0.1, 0.15) is 5.56 Å². The number of nitrogens with two attached hydrogens (primary N) is 1. The van der Waals surface area contributed by atoms with Gasteiger partial charge in [0, 0.05) is 0 Å². The Balaban J connectivity index is 2.46. The van der Waals surface area contributed by atoms with Crippen molar-refractivity contribution < 1.29 is 13.2 Å². The Morgan fingerprint density at radius 2 is 1.94 bits per heavy atom. The number of carbonyl (C=O) groups is 1. The minimum atomic E-state index is -2.60. The molecule has 0 radical (unpaired) electrons. The quantitative estimate of drug-likeness (QED) is 0.592. The van der Waals surface area contributed by atoms with Gasteiger partial charge in [-0.25, -0.2) is 8.42 Å². The van der Waals surface area contributed by atoms with Crippen molar-refractivity contribution in [3.05, 3.63) is 35.9 Å². The van der Waals surface area contributed by atoms with Crippen LogP contribution in [0.2, 0.25) is 0 Å². The summed E-state index contributed by atoms with van der Waals surface area (Å²) in [4.78, 5) is 11.3. The monoisotopic (exact) mass is 242 g/mol. The molecule has 0 saturated carbocycles. The molecule has 0 aromatic heterocycles. The maximum atomic E-state index is 11.3. The highest BCUT2D eigenvalue weighted by Gasteiger charge is 2.13. The molecule has 0 unspecified atom stereocenters. The second-order valence-electron chi connectivity index (χ2n) is 3.33. The molecule has 5 nitrogen and oxygen atoms in total. The second kappa shape index (κ2) is 6.24. The maximum Gasteiger partial charge on any atom is 0.238 e. The zero-order valence-electron chi connectivity index (χ0n) is 8.63. The van der Waals surface area contributed by atoms with Crippen molar-refractivity contribution in [3.63, 3.8) is 0 Å². The molecule has 0 aliphatic rings. The Hall–Kier alpha value is -1.40. The van der Waals surface area contributed by atoms with Crippen molar-refractivity contribution in [3.8, 4) is 0 Å². The highest BCUT2D eigenvalue weighted by molar-refractivity contribution is 7.72. The number of nitrogens with one attached hydrogen (secondary N) is 1. The predicted molar refractivity (Wildman–Crippen MR) is 61.4 cm³/mol. The van der Waals surface area contributed by atoms with E-state index in [1.54, 1.807) is 0 Å². The zero-order valence-corrected chi connectivity index (χ0v) is 9.52. The Morgan fingerprint density at radius 1 is 1.31 bits per heavy atom. The first kappa shape index (κ1) is 12.7. The maximum absolute atomic E-state index is 11.3. The molecule has 1 aromatic carbocycles. The van der Waals surface area contributed by atoms with Gasteiger partial charge in [-0.2, -0.15) is 0 Å². The molecule has 16 heavy (non-hydrogen) atoms. The van der Waals surface area contributed by atoms with E-state index in [0.717, 1.165) is 5.56 Å². The van der Waals surface area contributed by atoms with Gasteiger partial charge in [-0.15, -0.1) is 0 Å². The lowest BCUT2D eigenvalue weighted by Crippen LogP contribution is -2.42. The Morgan fingerprint density at radius 3 is 2.50 bits per heavy atom. The summed E-state index contributed by atoms with van der Waals surface area (Å²) in [5.74, 6) is -0.820. The summed E-state index contributed by atoms with van der Waals surface area (Å²) in [6, 6.07) is 8.58. The van der Waals surface area contributed by atoms with Crippen LogP contribution in [-0.2, 0) is 21.9 Å². The zero-order chi connectivity index (χ0) is 12.0. The standard InChI is InChI=1S/C10H14N2O3S/c11-9(10(13)12-7-16(14)15)6-8-4-2-1-3-5-8/h1-5,9,16H,6-7,11H2,(H,12,13)/t9-/m0/s1. The first-order valence-corrected chi connectivity index (χ1v) is 6.15. The Bertz CT molecular complexity index is 409. The van der Waals surface area contributed by atoms with Crippen molar-refractivity contribution >= 4 is 16.6 Å². The van der Waals surface area contributed by atoms with Gasteiger partial charge in [0.1, 0.15) is 5.88 Å². The van der Waals surface area contributed by atoms with Gasteiger partial charge in [0.05, 0.1) is 6.04 Å². The predicted octanol–water partition coefficient (Wildman–Crippen LogP) is -0.758. The topological polar surface area (TPSA) is 89.3 Å². The summed E-state index contributed by atoms with van der Waals surface area (Å²) in [6.07, 6.45) is 0.391. The molecule has 1 amide bonds. The lowest BCUT2D eigenvalue weighted by molar-refractivity contribution is -0.122. The van der Waals surface area contributed by atoms with Crippen LogP contribution in [0.3, 0.4) is 0 Å². The number of benzene rings is 1. The van der Waals surface area contributed by atoms with E-state index in [9.17, 15) is 13.2 Å². The van der Waals surface area contributed by atoms with E-state index in [2.05, 4.69) is 5.32 Å². The number of thiol groups is 1. The number of rotatable bonds is 5. The van der Waals surface area contributed by atoms with Gasteiger partial charge >= 0.3 is 0 Å². The van der Waals surface area contributed by atoms with Crippen LogP contribution in [0.25, 0.3) is 0 Å². The normalized spacial score (nSPS) is 12.4. The van der Waals surface area contributed by atoms with Gasteiger partial charge < -0.3 is 11.1 Å². The van der Waals surface area contributed by atoms with Gasteiger partial charge in [-0.3, -0.25) is 4.79 Å². The van der Waals surface area contributed by atoms with E-state index in [1.807, 2.05) is 30.3 Å². The van der Waals surface area contributed by atoms with E-state index < -0.39 is 22.7 Å². The van der Waals surface area contributed by atoms with E-state index in [1.165, 1.54) is 0 Å². The van der Waals surface area contributed by atoms with Gasteiger partial charge in [0.2, 0.25) is 5.91 Å². The fourth-order valence-corrected chi connectivity index (χ4v) is 1.52. The molecule has 3 N–H and O–H groups in total. The van der Waals surface area contributed by atoms with E-state index in [-0.39, 0.29) is 5.88 Å². The third kappa shape index (κ3) is 4.41. The fourth-order valence-electron chi connectivity index (χ4n) is 1.23. The third-order valence-electron chi connectivity index (χ3n) is 2.02. The molecule has 0 bridgehead atoms. The van der Waals surface area contributed by atoms with Crippen LogP contribution in [0, 0.1) is 0 Å². The lowest BCUT2D eigenvalue weighted by atomic mass is 10.1. The Labute approximate surface area is 95.6 Å². The van der Waals surface area contributed by atoms with Crippen LogP contribution in [0.4, 0.5) is 0 Å². The molecule has 88 valence electrons. The summed E-state index contributed by atoms with van der Waals surface area (Å²) >= 11 is 0. The molecule has 0 heterocycles. The first-order chi connectivity index (χ1) is 7.59. The van der Waals surface area contributed by atoms with Gasteiger partial charge in [0.15, 0.2) is 10.7 Å². The first-order valence-electron chi connectivity index (χ1n) is 4.78. The average molecular weight is 242 g/mol. The molecular weight excluding hydrogens is 228 g/mol. The average Bonchev–Trinajstić information content (AvgIpc) is 2.27. The van der Waals surface area contributed by atoms with Crippen LogP contribution >= 0.6 is 0 Å². The van der Waals surface area contributed by atoms with Gasteiger partial charge in [-0.05, 0) is 12.0 Å². The molecule has 0 spiro atoms. The molecule has 1 atom stereocenters. The highest BCUT2D eigenvalue weighted by atomic mass is 32.2. The molecule has 0 fully saturated rings. The molecule has 1 rings (SSSR count). The number of hydrogen-bond acceptors (Lipinski definition) is 4. The smallest absolute Gasteiger partial charge is 0.238 e. The second-order valence-corrected chi connectivity index (χ2v) is 4.31. The molecule has 1 aromatic rings. The van der Waals surface area contributed by atoms with Crippen LogP contribution in [-0.4, -0.2) is 26.2 Å². The summed E-state index contributed by atoms with van der Waals surface area (Å²) < 4.78 is 20.5. The summed E-state index contributed by atoms with van der Waals surface area (Å²) in [6.45, 7) is 0. The van der Waals surface area contributed by atoms with Crippen LogP contribution in [0.5, 0.6) is 0 Å². The summed E-state index contributed by atoms with van der Waals surface area (Å²) in [5, 5.41) is 2.24. The molecule has 6 heteroatoms. The minimum absolute atomic E-state index is 0.364. The van der Waals surface area contributed by atoms with E-state index in [0.29, 0.717) is 6.42 Å². The van der Waals surface area contributed by atoms with Crippen molar-refractivity contribution in [2.45, 2.75) is 12.5 Å². The molecular formula is C10H14N2O3S. The van der Waals surface area contributed by atoms with Crippen molar-refractivity contribution in [1.29, 1.82) is 0 Å². The lowest BCUT2D eigenvalue weighted by Gasteiger charge is -2.10. The molecule has 0 saturated heterocycles. The van der Waals surface area contributed by atoms with Gasteiger partial charge in [-0.1, -0.05) is 30.3 Å². The third-order valence-corrected chi connectivity index (χ3v) is 2.43. The minimum Gasteiger partial charge on any atom is -0.341 e. The van der Waals surface area contributed by atoms with E-state index >= 15 is 0 Å². The highest BCUT2D eigenvalue weighted by Crippen LogP contribution is 2.01. The summed E-state index contributed by atoms with van der Waals surface area (Å²) in [7, 11) is -2.60. The van der Waals surface area contributed by atoms with E-state index in [4.69, 9.17) is 5.73 Å². The van der Waals surface area contributed by atoms with Crippen molar-refractivity contribution in [2.24, 2.45) is 5.73 Å². The van der Waals surface area contributed by atoms with Gasteiger partial charge in [0.25, 0.3) is 0 Å².